The number of aryl methyl sites for hydroxylation is 1. The van der Waals surface area contributed by atoms with Crippen LogP contribution < -0.4 is 10.6 Å². The molecule has 1 saturated heterocycles. The Labute approximate surface area is 117 Å². The van der Waals surface area contributed by atoms with E-state index in [2.05, 4.69) is 20.6 Å². The zero-order valence-electron chi connectivity index (χ0n) is 11.3. The number of hydrogen-bond acceptors (Lipinski definition) is 4. The van der Waals surface area contributed by atoms with Crippen LogP contribution in [0, 0.1) is 6.92 Å². The molecule has 0 bridgehead atoms. The number of rotatable bonds is 3. The van der Waals surface area contributed by atoms with Gasteiger partial charge in [-0.15, -0.1) is 0 Å². The largest absolute Gasteiger partial charge is 0.322 e. The molecule has 2 aromatic heterocycles. The van der Waals surface area contributed by atoms with Crippen molar-refractivity contribution in [1.82, 2.24) is 19.9 Å². The van der Waals surface area contributed by atoms with Crippen molar-refractivity contribution in [2.75, 3.05) is 11.9 Å². The molecular formula is C14H17N5O. The lowest BCUT2D eigenvalue weighted by atomic mass is 10.2. The molecule has 2 aromatic rings. The van der Waals surface area contributed by atoms with Gasteiger partial charge < -0.3 is 10.6 Å². The van der Waals surface area contributed by atoms with E-state index < -0.39 is 0 Å². The quantitative estimate of drug-likeness (QED) is 0.881. The normalized spacial score (nSPS) is 18.1. The number of nitrogens with one attached hydrogen (secondary N) is 2. The third-order valence-corrected chi connectivity index (χ3v) is 3.48. The summed E-state index contributed by atoms with van der Waals surface area (Å²) in [7, 11) is 0. The first kappa shape index (κ1) is 12.8. The number of anilines is 1. The predicted octanol–water partition coefficient (Wildman–Crippen LogP) is 1.27. The molecule has 0 radical (unpaired) electrons. The van der Waals surface area contributed by atoms with Gasteiger partial charge in [0, 0.05) is 18.6 Å². The van der Waals surface area contributed by atoms with Gasteiger partial charge in [0.1, 0.15) is 5.82 Å². The average molecular weight is 271 g/mol. The highest BCUT2D eigenvalue weighted by molar-refractivity contribution is 5.96. The summed E-state index contributed by atoms with van der Waals surface area (Å²) in [6.45, 7) is 2.80. The van der Waals surface area contributed by atoms with Gasteiger partial charge in [-0.2, -0.15) is 0 Å². The molecule has 20 heavy (non-hydrogen) atoms. The molecule has 1 atom stereocenters. The van der Waals surface area contributed by atoms with Gasteiger partial charge in [0.15, 0.2) is 5.82 Å². The lowest BCUT2D eigenvalue weighted by Gasteiger charge is -2.14. The molecule has 0 aliphatic carbocycles. The van der Waals surface area contributed by atoms with Crippen LogP contribution in [0.3, 0.4) is 0 Å². The van der Waals surface area contributed by atoms with Crippen LogP contribution in [0.4, 0.5) is 5.69 Å². The molecule has 104 valence electrons. The number of hydrogen-bond donors (Lipinski definition) is 2. The Hall–Kier alpha value is -2.21. The van der Waals surface area contributed by atoms with Crippen molar-refractivity contribution in [3.8, 4) is 5.82 Å². The molecule has 1 fully saturated rings. The van der Waals surface area contributed by atoms with Crippen LogP contribution in [0.15, 0.2) is 30.7 Å². The van der Waals surface area contributed by atoms with Crippen molar-refractivity contribution in [2.45, 2.75) is 25.8 Å². The van der Waals surface area contributed by atoms with Gasteiger partial charge in [0.05, 0.1) is 11.7 Å². The second kappa shape index (κ2) is 5.42. The fourth-order valence-electron chi connectivity index (χ4n) is 2.42. The second-order valence-electron chi connectivity index (χ2n) is 4.86. The maximum absolute atomic E-state index is 12.2. The summed E-state index contributed by atoms with van der Waals surface area (Å²) in [6, 6.07) is 3.56. The van der Waals surface area contributed by atoms with Gasteiger partial charge in [-0.3, -0.25) is 9.36 Å². The van der Waals surface area contributed by atoms with E-state index in [0.717, 1.165) is 25.2 Å². The maximum atomic E-state index is 12.2. The first-order valence-corrected chi connectivity index (χ1v) is 6.75. The fourth-order valence-corrected chi connectivity index (χ4v) is 2.42. The van der Waals surface area contributed by atoms with Crippen LogP contribution in [0.2, 0.25) is 0 Å². The molecule has 3 rings (SSSR count). The summed E-state index contributed by atoms with van der Waals surface area (Å²) in [5.41, 5.74) is 0.701. The van der Waals surface area contributed by atoms with E-state index in [0.29, 0.717) is 11.5 Å². The molecule has 0 spiro atoms. The molecule has 1 aliphatic heterocycles. The number of pyridine rings is 1. The Bertz CT molecular complexity index is 616. The SMILES string of the molecule is Cc1nccn1-c1ncccc1NC(=O)[C@H]1CCCN1. The topological polar surface area (TPSA) is 71.8 Å². The molecule has 0 saturated carbocycles. The van der Waals surface area contributed by atoms with Crippen molar-refractivity contribution in [3.05, 3.63) is 36.5 Å². The van der Waals surface area contributed by atoms with E-state index in [-0.39, 0.29) is 11.9 Å². The van der Waals surface area contributed by atoms with E-state index in [1.54, 1.807) is 12.4 Å². The number of carbonyl (C=O) groups excluding carboxylic acids is 1. The van der Waals surface area contributed by atoms with E-state index in [1.807, 2.05) is 29.8 Å². The monoisotopic (exact) mass is 271 g/mol. The maximum Gasteiger partial charge on any atom is 0.241 e. The third-order valence-electron chi connectivity index (χ3n) is 3.48. The van der Waals surface area contributed by atoms with Gasteiger partial charge in [-0.05, 0) is 38.4 Å². The summed E-state index contributed by atoms with van der Waals surface area (Å²) < 4.78 is 1.86. The fraction of sp³-hybridized carbons (Fsp3) is 0.357. The number of imidazole rings is 1. The van der Waals surface area contributed by atoms with Crippen LogP contribution in [0.5, 0.6) is 0 Å². The predicted molar refractivity (Wildman–Crippen MR) is 75.8 cm³/mol. The number of nitrogens with zero attached hydrogens (tertiary/aromatic N) is 3. The lowest BCUT2D eigenvalue weighted by Crippen LogP contribution is -2.35. The van der Waals surface area contributed by atoms with Gasteiger partial charge in [-0.1, -0.05) is 0 Å². The number of aromatic nitrogens is 3. The van der Waals surface area contributed by atoms with Gasteiger partial charge >= 0.3 is 0 Å². The summed E-state index contributed by atoms with van der Waals surface area (Å²) >= 11 is 0. The first-order valence-electron chi connectivity index (χ1n) is 6.75. The van der Waals surface area contributed by atoms with E-state index in [4.69, 9.17) is 0 Å². The van der Waals surface area contributed by atoms with E-state index in [9.17, 15) is 4.79 Å². The highest BCUT2D eigenvalue weighted by Crippen LogP contribution is 2.19. The highest BCUT2D eigenvalue weighted by Gasteiger charge is 2.23. The van der Waals surface area contributed by atoms with Crippen molar-refractivity contribution in [1.29, 1.82) is 0 Å². The molecule has 6 heteroatoms. The molecule has 6 nitrogen and oxygen atoms in total. The number of amides is 1. The van der Waals surface area contributed by atoms with Gasteiger partial charge in [0.25, 0.3) is 0 Å². The molecule has 2 N–H and O–H groups in total. The summed E-state index contributed by atoms with van der Waals surface area (Å²) in [5, 5.41) is 6.15. The molecule has 1 aliphatic rings. The number of carbonyl (C=O) groups is 1. The van der Waals surface area contributed by atoms with Crippen LogP contribution in [0.1, 0.15) is 18.7 Å². The Morgan fingerprint density at radius 3 is 3.05 bits per heavy atom. The van der Waals surface area contributed by atoms with Crippen LogP contribution in [-0.2, 0) is 4.79 Å². The minimum absolute atomic E-state index is 0.00508. The molecule has 0 aromatic carbocycles. The van der Waals surface area contributed by atoms with Crippen molar-refractivity contribution in [3.63, 3.8) is 0 Å². The molecular weight excluding hydrogens is 254 g/mol. The van der Waals surface area contributed by atoms with Crippen LogP contribution in [-0.4, -0.2) is 33.0 Å². The Balaban J connectivity index is 1.86. The van der Waals surface area contributed by atoms with Crippen molar-refractivity contribution in [2.24, 2.45) is 0 Å². The van der Waals surface area contributed by atoms with E-state index in [1.165, 1.54) is 0 Å². The van der Waals surface area contributed by atoms with Crippen LogP contribution >= 0.6 is 0 Å². The van der Waals surface area contributed by atoms with E-state index >= 15 is 0 Å². The Morgan fingerprint density at radius 1 is 1.45 bits per heavy atom. The Morgan fingerprint density at radius 2 is 2.35 bits per heavy atom. The summed E-state index contributed by atoms with van der Waals surface area (Å²) in [6.07, 6.45) is 7.18. The molecule has 0 unspecified atom stereocenters. The van der Waals surface area contributed by atoms with Crippen molar-refractivity contribution >= 4 is 11.6 Å². The van der Waals surface area contributed by atoms with Crippen molar-refractivity contribution < 1.29 is 4.79 Å². The smallest absolute Gasteiger partial charge is 0.241 e. The average Bonchev–Trinajstić information content (AvgIpc) is 3.10. The summed E-state index contributed by atoms with van der Waals surface area (Å²) in [4.78, 5) is 20.7. The van der Waals surface area contributed by atoms with Gasteiger partial charge in [-0.25, -0.2) is 9.97 Å². The minimum atomic E-state index is -0.105. The summed E-state index contributed by atoms with van der Waals surface area (Å²) in [5.74, 6) is 1.52. The third kappa shape index (κ3) is 2.42. The standard InChI is InChI=1S/C14H17N5O/c1-10-15-8-9-19(10)13-11(4-2-7-17-13)18-14(20)12-5-3-6-16-12/h2,4,7-9,12,16H,3,5-6H2,1H3,(H,18,20)/t12-/m1/s1. The van der Waals surface area contributed by atoms with Crippen LogP contribution in [0.25, 0.3) is 5.82 Å². The zero-order valence-corrected chi connectivity index (χ0v) is 11.3. The minimum Gasteiger partial charge on any atom is -0.322 e. The lowest BCUT2D eigenvalue weighted by molar-refractivity contribution is -0.117. The molecule has 1 amide bonds. The highest BCUT2D eigenvalue weighted by atomic mass is 16.2. The van der Waals surface area contributed by atoms with Gasteiger partial charge in [0.2, 0.25) is 5.91 Å². The Kier molecular flexibility index (Phi) is 3.47. The first-order chi connectivity index (χ1) is 9.75. The zero-order chi connectivity index (χ0) is 13.9. The second-order valence-corrected chi connectivity index (χ2v) is 4.86. The molecule has 3 heterocycles.